The molecule has 0 bridgehead atoms. The molecule has 2 aromatic rings. The van der Waals surface area contributed by atoms with Gasteiger partial charge in [0.15, 0.2) is 6.61 Å². The van der Waals surface area contributed by atoms with Crippen molar-refractivity contribution in [1.29, 1.82) is 0 Å². The lowest BCUT2D eigenvalue weighted by atomic mass is 10.1. The van der Waals surface area contributed by atoms with E-state index in [1.807, 2.05) is 44.2 Å². The van der Waals surface area contributed by atoms with Gasteiger partial charge in [-0.25, -0.2) is 0 Å². The molecule has 2 aromatic carbocycles. The van der Waals surface area contributed by atoms with Gasteiger partial charge in [-0.1, -0.05) is 12.1 Å². The number of rotatable bonds is 5. The second-order valence-corrected chi connectivity index (χ2v) is 6.30. The molecule has 130 valence electrons. The van der Waals surface area contributed by atoms with Crippen molar-refractivity contribution in [2.24, 2.45) is 0 Å². The molecule has 0 unspecified atom stereocenters. The van der Waals surface area contributed by atoms with E-state index >= 15 is 0 Å². The highest BCUT2D eigenvalue weighted by Gasteiger charge is 2.21. The van der Waals surface area contributed by atoms with Gasteiger partial charge in [-0.2, -0.15) is 0 Å². The Morgan fingerprint density at radius 2 is 1.92 bits per heavy atom. The van der Waals surface area contributed by atoms with E-state index in [4.69, 9.17) is 4.74 Å². The number of carbonyl (C=O) groups is 2. The number of benzene rings is 2. The second-order valence-electron chi connectivity index (χ2n) is 6.30. The van der Waals surface area contributed by atoms with E-state index < -0.39 is 0 Å². The van der Waals surface area contributed by atoms with Gasteiger partial charge in [0.1, 0.15) is 5.75 Å². The van der Waals surface area contributed by atoms with Gasteiger partial charge in [-0.3, -0.25) is 9.59 Å². The maximum atomic E-state index is 12.1. The van der Waals surface area contributed by atoms with Crippen molar-refractivity contribution in [2.75, 3.05) is 23.4 Å². The molecule has 1 fully saturated rings. The van der Waals surface area contributed by atoms with Crippen LogP contribution in [0.5, 0.6) is 5.75 Å². The van der Waals surface area contributed by atoms with Crippen molar-refractivity contribution in [3.63, 3.8) is 0 Å². The number of nitrogens with one attached hydrogen (secondary N) is 1. The summed E-state index contributed by atoms with van der Waals surface area (Å²) in [4.78, 5) is 25.6. The minimum atomic E-state index is -0.217. The smallest absolute Gasteiger partial charge is 0.262 e. The molecule has 1 saturated heterocycles. The molecule has 5 nitrogen and oxygen atoms in total. The van der Waals surface area contributed by atoms with Crippen LogP contribution in [0, 0.1) is 13.8 Å². The average molecular weight is 338 g/mol. The third-order valence-electron chi connectivity index (χ3n) is 4.24. The lowest BCUT2D eigenvalue weighted by Crippen LogP contribution is -2.23. The molecule has 0 radical (unpaired) electrons. The topological polar surface area (TPSA) is 58.6 Å². The first-order valence-electron chi connectivity index (χ1n) is 8.43. The van der Waals surface area contributed by atoms with Crippen molar-refractivity contribution >= 4 is 23.2 Å². The van der Waals surface area contributed by atoms with Gasteiger partial charge in [0.2, 0.25) is 5.91 Å². The van der Waals surface area contributed by atoms with Crippen LogP contribution in [0.2, 0.25) is 0 Å². The number of nitrogens with zero attached hydrogens (tertiary/aromatic N) is 1. The van der Waals surface area contributed by atoms with E-state index in [1.165, 1.54) is 0 Å². The lowest BCUT2D eigenvalue weighted by molar-refractivity contribution is -0.118. The van der Waals surface area contributed by atoms with E-state index in [0.717, 1.165) is 35.5 Å². The summed E-state index contributed by atoms with van der Waals surface area (Å²) in [6, 6.07) is 13.2. The summed E-state index contributed by atoms with van der Waals surface area (Å²) in [6.45, 7) is 4.65. The maximum Gasteiger partial charge on any atom is 0.262 e. The van der Waals surface area contributed by atoms with Gasteiger partial charge in [0.05, 0.1) is 0 Å². The highest BCUT2D eigenvalue weighted by atomic mass is 16.5. The Bertz CT molecular complexity index is 784. The quantitative estimate of drug-likeness (QED) is 0.908. The van der Waals surface area contributed by atoms with E-state index in [1.54, 1.807) is 17.0 Å². The van der Waals surface area contributed by atoms with Crippen molar-refractivity contribution in [3.05, 3.63) is 53.6 Å². The summed E-state index contributed by atoms with van der Waals surface area (Å²) in [5.41, 5.74) is 3.64. The fourth-order valence-corrected chi connectivity index (χ4v) is 2.85. The Labute approximate surface area is 147 Å². The van der Waals surface area contributed by atoms with E-state index in [0.29, 0.717) is 12.1 Å². The molecule has 0 aliphatic carbocycles. The molecular weight excluding hydrogens is 316 g/mol. The van der Waals surface area contributed by atoms with Gasteiger partial charge >= 0.3 is 0 Å². The number of ether oxygens (including phenoxy) is 1. The van der Waals surface area contributed by atoms with E-state index in [9.17, 15) is 9.59 Å². The normalized spacial score (nSPS) is 13.8. The third kappa shape index (κ3) is 4.18. The minimum absolute atomic E-state index is 0.0450. The second kappa shape index (κ2) is 7.38. The number of anilines is 2. The Morgan fingerprint density at radius 3 is 2.60 bits per heavy atom. The summed E-state index contributed by atoms with van der Waals surface area (Å²) in [5, 5.41) is 2.81. The largest absolute Gasteiger partial charge is 0.483 e. The van der Waals surface area contributed by atoms with Gasteiger partial charge in [-0.05, 0) is 61.7 Å². The Morgan fingerprint density at radius 1 is 1.16 bits per heavy atom. The first kappa shape index (κ1) is 17.0. The predicted octanol–water partition coefficient (Wildman–Crippen LogP) is 3.45. The van der Waals surface area contributed by atoms with Crippen LogP contribution in [0.3, 0.4) is 0 Å². The minimum Gasteiger partial charge on any atom is -0.483 e. The zero-order valence-electron chi connectivity index (χ0n) is 14.5. The van der Waals surface area contributed by atoms with Crippen molar-refractivity contribution < 1.29 is 14.3 Å². The van der Waals surface area contributed by atoms with Gasteiger partial charge in [0, 0.05) is 24.3 Å². The van der Waals surface area contributed by atoms with E-state index in [-0.39, 0.29) is 18.4 Å². The fraction of sp³-hybridized carbons (Fsp3) is 0.300. The van der Waals surface area contributed by atoms with Crippen LogP contribution in [0.1, 0.15) is 24.0 Å². The Balaban J connectivity index is 1.56. The SMILES string of the molecule is Cc1ccc(C)c(OCC(=O)Nc2ccc(N3CCCC3=O)cc2)c1. The molecular formula is C20H22N2O3. The molecule has 1 aliphatic rings. The predicted molar refractivity (Wildman–Crippen MR) is 98.1 cm³/mol. The number of hydrogen-bond acceptors (Lipinski definition) is 3. The molecule has 0 spiro atoms. The van der Waals surface area contributed by atoms with Crippen molar-refractivity contribution in [2.45, 2.75) is 26.7 Å². The maximum absolute atomic E-state index is 12.1. The molecule has 0 atom stereocenters. The van der Waals surface area contributed by atoms with Crippen LogP contribution in [0.15, 0.2) is 42.5 Å². The molecule has 2 amide bonds. The van der Waals surface area contributed by atoms with Crippen LogP contribution in [-0.2, 0) is 9.59 Å². The molecule has 0 aromatic heterocycles. The zero-order valence-corrected chi connectivity index (χ0v) is 14.5. The molecule has 3 rings (SSSR count). The summed E-state index contributed by atoms with van der Waals surface area (Å²) in [5.74, 6) is 0.655. The third-order valence-corrected chi connectivity index (χ3v) is 4.24. The first-order chi connectivity index (χ1) is 12.0. The summed E-state index contributed by atoms with van der Waals surface area (Å²) < 4.78 is 5.61. The van der Waals surface area contributed by atoms with Crippen LogP contribution >= 0.6 is 0 Å². The highest BCUT2D eigenvalue weighted by Crippen LogP contribution is 2.23. The molecule has 5 heteroatoms. The highest BCUT2D eigenvalue weighted by molar-refractivity contribution is 5.96. The van der Waals surface area contributed by atoms with Crippen LogP contribution in [0.4, 0.5) is 11.4 Å². The monoisotopic (exact) mass is 338 g/mol. The van der Waals surface area contributed by atoms with E-state index in [2.05, 4.69) is 5.32 Å². The zero-order chi connectivity index (χ0) is 17.8. The Hall–Kier alpha value is -2.82. The standard InChI is InChI=1S/C20H22N2O3/c1-14-5-6-15(2)18(12-14)25-13-19(23)21-16-7-9-17(10-8-16)22-11-3-4-20(22)24/h5-10,12H,3-4,11,13H2,1-2H3,(H,21,23). The molecule has 1 heterocycles. The van der Waals surface area contributed by atoms with Crippen LogP contribution in [-0.4, -0.2) is 25.0 Å². The summed E-state index contributed by atoms with van der Waals surface area (Å²) in [7, 11) is 0. The molecule has 0 saturated carbocycles. The number of carbonyl (C=O) groups excluding carboxylic acids is 2. The lowest BCUT2D eigenvalue weighted by Gasteiger charge is -2.16. The van der Waals surface area contributed by atoms with Crippen LogP contribution < -0.4 is 15.0 Å². The van der Waals surface area contributed by atoms with Crippen molar-refractivity contribution in [1.82, 2.24) is 0 Å². The summed E-state index contributed by atoms with van der Waals surface area (Å²) in [6.07, 6.45) is 1.50. The fourth-order valence-electron chi connectivity index (χ4n) is 2.85. The number of hydrogen-bond donors (Lipinski definition) is 1. The first-order valence-corrected chi connectivity index (χ1v) is 8.43. The summed E-state index contributed by atoms with van der Waals surface area (Å²) >= 11 is 0. The van der Waals surface area contributed by atoms with Gasteiger partial charge in [-0.15, -0.1) is 0 Å². The number of aryl methyl sites for hydroxylation is 2. The molecule has 1 aliphatic heterocycles. The van der Waals surface area contributed by atoms with Crippen molar-refractivity contribution in [3.8, 4) is 5.75 Å². The molecule has 1 N–H and O–H groups in total. The van der Waals surface area contributed by atoms with Gasteiger partial charge < -0.3 is 15.0 Å². The molecule has 25 heavy (non-hydrogen) atoms. The Kier molecular flexibility index (Phi) is 5.03. The number of amides is 2. The van der Waals surface area contributed by atoms with Crippen LogP contribution in [0.25, 0.3) is 0 Å². The average Bonchev–Trinajstić information content (AvgIpc) is 3.02. The van der Waals surface area contributed by atoms with Gasteiger partial charge in [0.25, 0.3) is 5.91 Å².